The fourth-order valence-corrected chi connectivity index (χ4v) is 5.41. The molecule has 42 heavy (non-hydrogen) atoms. The molecular formula is C34H36N2O6. The van der Waals surface area contributed by atoms with Crippen LogP contribution in [0.4, 0.5) is 0 Å². The molecule has 2 fully saturated rings. The average molecular weight is 569 g/mol. The summed E-state index contributed by atoms with van der Waals surface area (Å²) < 4.78 is 17.1. The lowest BCUT2D eigenvalue weighted by atomic mass is 9.93. The van der Waals surface area contributed by atoms with Gasteiger partial charge in [-0.25, -0.2) is 0 Å². The normalized spacial score (nSPS) is 18.7. The Kier molecular flexibility index (Phi) is 9.36. The molecule has 3 aromatic carbocycles. The molecule has 0 spiro atoms. The number of hydrogen-bond donors (Lipinski definition) is 1. The molecule has 1 N–H and O–H groups in total. The first-order valence-corrected chi connectivity index (χ1v) is 14.2. The third-order valence-electron chi connectivity index (χ3n) is 7.49. The van der Waals surface area contributed by atoms with Crippen LogP contribution in [0.1, 0.15) is 29.2 Å². The molecule has 0 saturated carbocycles. The highest BCUT2D eigenvalue weighted by atomic mass is 16.5. The Morgan fingerprint density at radius 3 is 2.48 bits per heavy atom. The maximum Gasteiger partial charge on any atom is 0.295 e. The molecule has 3 aromatic rings. The second-order valence-corrected chi connectivity index (χ2v) is 10.4. The van der Waals surface area contributed by atoms with Crippen molar-refractivity contribution < 1.29 is 28.9 Å². The number of amides is 1. The SMILES string of the molecule is C=CCOc1ccc(C(O)=C2C(=O)C(=O)N(CCCN3CCOCC3)C2c2cccc(Oc3ccccc3)c2)c(C)c1. The van der Waals surface area contributed by atoms with Crippen molar-refractivity contribution in [1.29, 1.82) is 0 Å². The number of ketones is 1. The second kappa shape index (κ2) is 13.5. The highest BCUT2D eigenvalue weighted by Gasteiger charge is 2.46. The third kappa shape index (κ3) is 6.56. The molecule has 0 radical (unpaired) electrons. The van der Waals surface area contributed by atoms with Crippen molar-refractivity contribution in [2.45, 2.75) is 19.4 Å². The molecule has 1 atom stereocenters. The van der Waals surface area contributed by atoms with E-state index in [0.29, 0.717) is 66.7 Å². The minimum Gasteiger partial charge on any atom is -0.507 e. The van der Waals surface area contributed by atoms with Gasteiger partial charge in [-0.3, -0.25) is 14.5 Å². The van der Waals surface area contributed by atoms with E-state index in [4.69, 9.17) is 14.2 Å². The van der Waals surface area contributed by atoms with Gasteiger partial charge in [0, 0.05) is 31.7 Å². The zero-order valence-electron chi connectivity index (χ0n) is 23.8. The highest BCUT2D eigenvalue weighted by molar-refractivity contribution is 6.46. The molecule has 218 valence electrons. The first-order valence-electron chi connectivity index (χ1n) is 14.2. The number of aryl methyl sites for hydroxylation is 1. The number of nitrogens with zero attached hydrogens (tertiary/aromatic N) is 2. The molecule has 0 bridgehead atoms. The van der Waals surface area contributed by atoms with Gasteiger partial charge in [-0.2, -0.15) is 0 Å². The molecule has 5 rings (SSSR count). The van der Waals surface area contributed by atoms with E-state index in [9.17, 15) is 14.7 Å². The number of likely N-dealkylation sites (tertiary alicyclic amines) is 1. The van der Waals surface area contributed by atoms with Crippen LogP contribution in [-0.2, 0) is 14.3 Å². The van der Waals surface area contributed by atoms with Gasteiger partial charge < -0.3 is 24.2 Å². The molecule has 2 saturated heterocycles. The average Bonchev–Trinajstić information content (AvgIpc) is 3.26. The minimum absolute atomic E-state index is 0.0612. The van der Waals surface area contributed by atoms with Gasteiger partial charge in [0.05, 0.1) is 24.8 Å². The van der Waals surface area contributed by atoms with E-state index in [-0.39, 0.29) is 11.3 Å². The topological polar surface area (TPSA) is 88.5 Å². The summed E-state index contributed by atoms with van der Waals surface area (Å²) in [6.07, 6.45) is 2.33. The van der Waals surface area contributed by atoms with Gasteiger partial charge in [-0.15, -0.1) is 0 Å². The quantitative estimate of drug-likeness (QED) is 0.142. The van der Waals surface area contributed by atoms with E-state index < -0.39 is 17.7 Å². The first kappa shape index (κ1) is 29.1. The monoisotopic (exact) mass is 568 g/mol. The third-order valence-corrected chi connectivity index (χ3v) is 7.49. The number of aliphatic hydroxyl groups is 1. The van der Waals surface area contributed by atoms with Crippen LogP contribution in [0.25, 0.3) is 5.76 Å². The van der Waals surface area contributed by atoms with Gasteiger partial charge in [-0.05, 0) is 66.9 Å². The Hall–Kier alpha value is -4.40. The van der Waals surface area contributed by atoms with Crippen LogP contribution in [0, 0.1) is 6.92 Å². The Morgan fingerprint density at radius 1 is 0.976 bits per heavy atom. The van der Waals surface area contributed by atoms with Crippen LogP contribution < -0.4 is 9.47 Å². The number of hydrogen-bond acceptors (Lipinski definition) is 7. The molecule has 2 aliphatic rings. The summed E-state index contributed by atoms with van der Waals surface area (Å²) in [6.45, 7) is 10.1. The zero-order valence-corrected chi connectivity index (χ0v) is 23.8. The van der Waals surface area contributed by atoms with E-state index in [0.717, 1.165) is 19.6 Å². The van der Waals surface area contributed by atoms with Crippen molar-refractivity contribution in [2.24, 2.45) is 0 Å². The number of carbonyl (C=O) groups excluding carboxylic acids is 2. The van der Waals surface area contributed by atoms with Crippen molar-refractivity contribution in [1.82, 2.24) is 9.80 Å². The summed E-state index contributed by atoms with van der Waals surface area (Å²) in [6, 6.07) is 21.2. The van der Waals surface area contributed by atoms with Crippen molar-refractivity contribution in [3.8, 4) is 17.2 Å². The van der Waals surface area contributed by atoms with E-state index in [1.54, 1.807) is 29.2 Å². The minimum atomic E-state index is -0.773. The fraction of sp³-hybridized carbons (Fsp3) is 0.294. The lowest BCUT2D eigenvalue weighted by Gasteiger charge is -2.29. The predicted octanol–water partition coefficient (Wildman–Crippen LogP) is 5.50. The standard InChI is InChI=1S/C34H36N2O6/c1-3-19-41-27-13-14-29(24(2)22-27)32(37)30-31(25-9-7-12-28(23-25)42-26-10-5-4-6-11-26)36(34(39)33(30)38)16-8-15-35-17-20-40-21-18-35/h3-7,9-14,22-23,31,37H,1,8,15-21H2,2H3. The maximum absolute atomic E-state index is 13.6. The predicted molar refractivity (Wildman–Crippen MR) is 161 cm³/mol. The van der Waals surface area contributed by atoms with Crippen molar-refractivity contribution >= 4 is 17.4 Å². The van der Waals surface area contributed by atoms with Crippen LogP contribution in [0.5, 0.6) is 17.2 Å². The number of carbonyl (C=O) groups is 2. The summed E-state index contributed by atoms with van der Waals surface area (Å²) in [4.78, 5) is 30.9. The molecule has 1 unspecified atom stereocenters. The van der Waals surface area contributed by atoms with Crippen LogP contribution in [-0.4, -0.2) is 72.6 Å². The molecule has 8 nitrogen and oxygen atoms in total. The summed E-state index contributed by atoms with van der Waals surface area (Å²) in [7, 11) is 0. The number of morpholine rings is 1. The van der Waals surface area contributed by atoms with Gasteiger partial charge in [-0.1, -0.05) is 43.0 Å². The Balaban J connectivity index is 1.50. The van der Waals surface area contributed by atoms with Crippen LogP contribution in [0.3, 0.4) is 0 Å². The van der Waals surface area contributed by atoms with Crippen LogP contribution >= 0.6 is 0 Å². The van der Waals surface area contributed by atoms with Gasteiger partial charge in [0.25, 0.3) is 11.7 Å². The lowest BCUT2D eigenvalue weighted by Crippen LogP contribution is -2.38. The zero-order chi connectivity index (χ0) is 29.5. The summed E-state index contributed by atoms with van der Waals surface area (Å²) >= 11 is 0. The van der Waals surface area contributed by atoms with Crippen molar-refractivity contribution in [3.63, 3.8) is 0 Å². The van der Waals surface area contributed by atoms with Crippen LogP contribution in [0.15, 0.2) is 91.0 Å². The number of para-hydroxylation sites is 1. The smallest absolute Gasteiger partial charge is 0.295 e. The Bertz CT molecular complexity index is 1460. The number of Topliss-reactive ketones (excluding diaryl/α,β-unsaturated/α-hetero) is 1. The molecule has 2 heterocycles. The highest BCUT2D eigenvalue weighted by Crippen LogP contribution is 2.41. The molecule has 0 aromatic heterocycles. The van der Waals surface area contributed by atoms with E-state index >= 15 is 0 Å². The lowest BCUT2D eigenvalue weighted by molar-refractivity contribution is -0.140. The summed E-state index contributed by atoms with van der Waals surface area (Å²) in [5.74, 6) is 0.318. The van der Waals surface area contributed by atoms with Crippen molar-refractivity contribution in [2.75, 3.05) is 46.0 Å². The van der Waals surface area contributed by atoms with E-state index in [1.165, 1.54) is 0 Å². The Labute approximate surface area is 246 Å². The van der Waals surface area contributed by atoms with Gasteiger partial charge in [0.1, 0.15) is 29.6 Å². The number of rotatable bonds is 11. The molecule has 0 aliphatic carbocycles. The van der Waals surface area contributed by atoms with E-state index in [1.807, 2.05) is 61.5 Å². The Morgan fingerprint density at radius 2 is 1.74 bits per heavy atom. The molecule has 8 heteroatoms. The number of ether oxygens (including phenoxy) is 3. The van der Waals surface area contributed by atoms with Gasteiger partial charge in [0.2, 0.25) is 0 Å². The molecule has 1 amide bonds. The summed E-state index contributed by atoms with van der Waals surface area (Å²) in [5.41, 5.74) is 1.92. The largest absolute Gasteiger partial charge is 0.507 e. The molecular weight excluding hydrogens is 532 g/mol. The fourth-order valence-electron chi connectivity index (χ4n) is 5.41. The van der Waals surface area contributed by atoms with Gasteiger partial charge >= 0.3 is 0 Å². The number of benzene rings is 3. The van der Waals surface area contributed by atoms with Crippen molar-refractivity contribution in [3.05, 3.63) is 108 Å². The first-order chi connectivity index (χ1) is 20.5. The van der Waals surface area contributed by atoms with E-state index in [2.05, 4.69) is 11.5 Å². The summed E-state index contributed by atoms with van der Waals surface area (Å²) in [5, 5.41) is 11.6. The number of aliphatic hydroxyl groups excluding tert-OH is 1. The molecule has 2 aliphatic heterocycles. The second-order valence-electron chi connectivity index (χ2n) is 10.4. The van der Waals surface area contributed by atoms with Crippen LogP contribution in [0.2, 0.25) is 0 Å². The van der Waals surface area contributed by atoms with Gasteiger partial charge in [0.15, 0.2) is 0 Å². The maximum atomic E-state index is 13.6.